The lowest BCUT2D eigenvalue weighted by atomic mass is 10.0. The number of hydrogen-bond donors (Lipinski definition) is 1. The summed E-state index contributed by atoms with van der Waals surface area (Å²) in [6.45, 7) is 3.18. The van der Waals surface area contributed by atoms with E-state index in [1.54, 1.807) is 6.20 Å². The summed E-state index contributed by atoms with van der Waals surface area (Å²) in [6.07, 6.45) is 3.39. The lowest BCUT2D eigenvalue weighted by molar-refractivity contribution is -0.135. The van der Waals surface area contributed by atoms with Crippen LogP contribution in [0.25, 0.3) is 11.0 Å². The molecule has 0 bridgehead atoms. The van der Waals surface area contributed by atoms with Gasteiger partial charge in [-0.3, -0.25) is 14.6 Å². The van der Waals surface area contributed by atoms with Crippen molar-refractivity contribution in [2.45, 2.75) is 18.9 Å². The molecule has 0 spiro atoms. The van der Waals surface area contributed by atoms with E-state index in [4.69, 9.17) is 0 Å². The maximum Gasteiger partial charge on any atom is 0.274 e. The Balaban J connectivity index is 1.51. The average molecular weight is 339 g/mol. The predicted octanol–water partition coefficient (Wildman–Crippen LogP) is 0.666. The van der Waals surface area contributed by atoms with Gasteiger partial charge in [0.15, 0.2) is 0 Å². The van der Waals surface area contributed by atoms with Crippen LogP contribution in [0.3, 0.4) is 0 Å². The molecule has 2 saturated heterocycles. The summed E-state index contributed by atoms with van der Waals surface area (Å²) in [7, 11) is 0. The smallest absolute Gasteiger partial charge is 0.274 e. The number of benzene rings is 1. The Morgan fingerprint density at radius 3 is 2.88 bits per heavy atom. The molecule has 2 fully saturated rings. The van der Waals surface area contributed by atoms with E-state index in [-0.39, 0.29) is 17.9 Å². The normalized spacial score (nSPS) is 21.6. The van der Waals surface area contributed by atoms with E-state index < -0.39 is 0 Å². The standard InChI is InChI=1S/C18H21N5O2/c24-17-11-19-7-9-23(17)13-4-3-8-22(12-13)18(25)16-10-20-14-5-1-2-6-15(14)21-16/h1-2,5-6,10,13,19H,3-4,7-9,11-12H2. The van der Waals surface area contributed by atoms with Crippen molar-refractivity contribution in [1.82, 2.24) is 25.1 Å². The van der Waals surface area contributed by atoms with Crippen LogP contribution in [0.4, 0.5) is 0 Å². The van der Waals surface area contributed by atoms with E-state index in [0.717, 1.165) is 30.4 Å². The van der Waals surface area contributed by atoms with Crippen molar-refractivity contribution in [3.05, 3.63) is 36.2 Å². The third-order valence-corrected chi connectivity index (χ3v) is 4.92. The number of carbonyl (C=O) groups is 2. The van der Waals surface area contributed by atoms with Crippen LogP contribution in [0.1, 0.15) is 23.3 Å². The zero-order valence-electron chi connectivity index (χ0n) is 14.0. The Bertz CT molecular complexity index is 809. The summed E-state index contributed by atoms with van der Waals surface area (Å²) in [6, 6.07) is 7.62. The molecule has 0 aliphatic carbocycles. The molecule has 1 aromatic heterocycles. The zero-order chi connectivity index (χ0) is 17.2. The molecule has 2 aromatic rings. The molecule has 7 heteroatoms. The van der Waals surface area contributed by atoms with Crippen LogP contribution in [0.5, 0.6) is 0 Å². The molecule has 25 heavy (non-hydrogen) atoms. The second-order valence-corrected chi connectivity index (χ2v) is 6.56. The van der Waals surface area contributed by atoms with Crippen LogP contribution >= 0.6 is 0 Å². The molecule has 1 aromatic carbocycles. The lowest BCUT2D eigenvalue weighted by Gasteiger charge is -2.41. The fourth-order valence-electron chi connectivity index (χ4n) is 3.62. The number of amides is 2. The van der Waals surface area contributed by atoms with E-state index in [1.165, 1.54) is 0 Å². The van der Waals surface area contributed by atoms with Gasteiger partial charge in [0, 0.05) is 32.2 Å². The van der Waals surface area contributed by atoms with Crippen LogP contribution in [-0.2, 0) is 4.79 Å². The number of nitrogens with zero attached hydrogens (tertiary/aromatic N) is 4. The number of likely N-dealkylation sites (tertiary alicyclic amines) is 1. The fourth-order valence-corrected chi connectivity index (χ4v) is 3.62. The van der Waals surface area contributed by atoms with Crippen molar-refractivity contribution in [1.29, 1.82) is 0 Å². The first-order valence-electron chi connectivity index (χ1n) is 8.73. The molecule has 0 radical (unpaired) electrons. The first-order valence-corrected chi connectivity index (χ1v) is 8.73. The molecule has 0 saturated carbocycles. The summed E-state index contributed by atoms with van der Waals surface area (Å²) < 4.78 is 0. The van der Waals surface area contributed by atoms with E-state index in [0.29, 0.717) is 31.9 Å². The number of hydrogen-bond acceptors (Lipinski definition) is 5. The predicted molar refractivity (Wildman–Crippen MR) is 93.0 cm³/mol. The second-order valence-electron chi connectivity index (χ2n) is 6.56. The van der Waals surface area contributed by atoms with E-state index in [1.807, 2.05) is 34.1 Å². The van der Waals surface area contributed by atoms with Gasteiger partial charge in [0.1, 0.15) is 5.69 Å². The minimum absolute atomic E-state index is 0.0979. The first-order chi connectivity index (χ1) is 12.2. The third kappa shape index (κ3) is 3.19. The number of piperazine rings is 1. The molecule has 2 aliphatic rings. The van der Waals surface area contributed by atoms with Gasteiger partial charge in [0.05, 0.1) is 23.8 Å². The van der Waals surface area contributed by atoms with Gasteiger partial charge in [-0.25, -0.2) is 4.98 Å². The Morgan fingerprint density at radius 1 is 1.20 bits per heavy atom. The maximum atomic E-state index is 12.9. The van der Waals surface area contributed by atoms with E-state index in [9.17, 15) is 9.59 Å². The highest BCUT2D eigenvalue weighted by molar-refractivity contribution is 5.94. The van der Waals surface area contributed by atoms with Gasteiger partial charge in [-0.2, -0.15) is 0 Å². The highest BCUT2D eigenvalue weighted by Crippen LogP contribution is 2.19. The monoisotopic (exact) mass is 339 g/mol. The number of rotatable bonds is 2. The summed E-state index contributed by atoms with van der Waals surface area (Å²) in [5.41, 5.74) is 1.87. The highest BCUT2D eigenvalue weighted by Gasteiger charge is 2.32. The minimum Gasteiger partial charge on any atom is -0.336 e. The van der Waals surface area contributed by atoms with Gasteiger partial charge < -0.3 is 15.1 Å². The van der Waals surface area contributed by atoms with Gasteiger partial charge in [-0.1, -0.05) is 12.1 Å². The van der Waals surface area contributed by atoms with Gasteiger partial charge >= 0.3 is 0 Å². The molecule has 2 amide bonds. The average Bonchev–Trinajstić information content (AvgIpc) is 2.67. The number of nitrogens with one attached hydrogen (secondary N) is 1. The Kier molecular flexibility index (Phi) is 4.31. The maximum absolute atomic E-state index is 12.9. The summed E-state index contributed by atoms with van der Waals surface area (Å²) in [4.78, 5) is 37.5. The summed E-state index contributed by atoms with van der Waals surface area (Å²) in [5.74, 6) is 0.0154. The molecule has 1 N–H and O–H groups in total. The van der Waals surface area contributed by atoms with Gasteiger partial charge in [-0.15, -0.1) is 0 Å². The number of aromatic nitrogens is 2. The van der Waals surface area contributed by atoms with Crippen molar-refractivity contribution in [2.24, 2.45) is 0 Å². The fraction of sp³-hybridized carbons (Fsp3) is 0.444. The molecule has 130 valence electrons. The van der Waals surface area contributed by atoms with E-state index >= 15 is 0 Å². The highest BCUT2D eigenvalue weighted by atomic mass is 16.2. The molecule has 4 rings (SSSR count). The first kappa shape index (κ1) is 16.0. The number of carbonyl (C=O) groups excluding carboxylic acids is 2. The largest absolute Gasteiger partial charge is 0.336 e. The van der Waals surface area contributed by atoms with Gasteiger partial charge in [-0.05, 0) is 25.0 Å². The van der Waals surface area contributed by atoms with Crippen molar-refractivity contribution in [2.75, 3.05) is 32.7 Å². The van der Waals surface area contributed by atoms with Crippen molar-refractivity contribution < 1.29 is 9.59 Å². The molecule has 2 aliphatic heterocycles. The molecule has 7 nitrogen and oxygen atoms in total. The Morgan fingerprint density at radius 2 is 2.04 bits per heavy atom. The molecular weight excluding hydrogens is 318 g/mol. The van der Waals surface area contributed by atoms with Gasteiger partial charge in [0.25, 0.3) is 5.91 Å². The third-order valence-electron chi connectivity index (χ3n) is 4.92. The lowest BCUT2D eigenvalue weighted by Crippen LogP contribution is -2.57. The van der Waals surface area contributed by atoms with Crippen LogP contribution in [0, 0.1) is 0 Å². The number of piperidine rings is 1. The quantitative estimate of drug-likeness (QED) is 0.870. The number of fused-ring (bicyclic) bond motifs is 1. The molecule has 1 unspecified atom stereocenters. The minimum atomic E-state index is -0.106. The number of para-hydroxylation sites is 2. The zero-order valence-corrected chi connectivity index (χ0v) is 14.0. The summed E-state index contributed by atoms with van der Waals surface area (Å²) in [5, 5.41) is 3.09. The van der Waals surface area contributed by atoms with Crippen LogP contribution in [-0.4, -0.2) is 70.3 Å². The molecular formula is C18H21N5O2. The van der Waals surface area contributed by atoms with Crippen LogP contribution in [0.15, 0.2) is 30.5 Å². The van der Waals surface area contributed by atoms with Crippen LogP contribution in [0.2, 0.25) is 0 Å². The molecule has 3 heterocycles. The van der Waals surface area contributed by atoms with E-state index in [2.05, 4.69) is 15.3 Å². The van der Waals surface area contributed by atoms with Crippen molar-refractivity contribution in [3.8, 4) is 0 Å². The molecule has 1 atom stereocenters. The van der Waals surface area contributed by atoms with Crippen molar-refractivity contribution >= 4 is 22.8 Å². The topological polar surface area (TPSA) is 78.4 Å². The SMILES string of the molecule is O=C(c1cnc2ccccc2n1)N1CCCC(N2CCNCC2=O)C1. The van der Waals surface area contributed by atoms with Crippen LogP contribution < -0.4 is 5.32 Å². The van der Waals surface area contributed by atoms with Crippen molar-refractivity contribution in [3.63, 3.8) is 0 Å². The Labute approximate surface area is 146 Å². The van der Waals surface area contributed by atoms with Gasteiger partial charge in [0.2, 0.25) is 5.91 Å². The Hall–Kier alpha value is -2.54. The summed E-state index contributed by atoms with van der Waals surface area (Å²) >= 11 is 0. The second kappa shape index (κ2) is 6.76.